The van der Waals surface area contributed by atoms with Crippen molar-refractivity contribution in [1.29, 1.82) is 0 Å². The Bertz CT molecular complexity index is 1090. The summed E-state index contributed by atoms with van der Waals surface area (Å²) in [5, 5.41) is 0. The molecule has 1 atom stereocenters. The van der Waals surface area contributed by atoms with Gasteiger partial charge in [0, 0.05) is 19.1 Å². The summed E-state index contributed by atoms with van der Waals surface area (Å²) in [5.74, 6) is 0.173. The van der Waals surface area contributed by atoms with E-state index >= 15 is 0 Å². The molecule has 0 aliphatic heterocycles. The molecule has 0 amide bonds. The maximum absolute atomic E-state index is 11.6. The van der Waals surface area contributed by atoms with E-state index in [1.54, 1.807) is 36.4 Å². The third kappa shape index (κ3) is 7.01. The lowest BCUT2D eigenvalue weighted by atomic mass is 10.1. The molecule has 1 unspecified atom stereocenters. The van der Waals surface area contributed by atoms with Crippen LogP contribution in [0.1, 0.15) is 22.3 Å². The molecule has 2 rings (SSSR count). The summed E-state index contributed by atoms with van der Waals surface area (Å²) in [4.78, 5) is 10.3. The van der Waals surface area contributed by atoms with Crippen molar-refractivity contribution in [2.75, 3.05) is 7.11 Å². The second-order valence-electron chi connectivity index (χ2n) is 6.04. The normalized spacial score (nSPS) is 13.0. The first kappa shape index (κ1) is 23.6. The maximum Gasteiger partial charge on any atom is 0.357 e. The Labute approximate surface area is 177 Å². The van der Waals surface area contributed by atoms with Crippen LogP contribution < -0.4 is 4.18 Å². The second-order valence-corrected chi connectivity index (χ2v) is 8.03. The number of benzene rings is 2. The largest absolute Gasteiger partial charge is 0.380 e. The van der Waals surface area contributed by atoms with E-state index in [2.05, 4.69) is 0 Å². The summed E-state index contributed by atoms with van der Waals surface area (Å²) in [6.45, 7) is 0.302. The number of allylic oxidation sites excluding steroid dienone is 2. The van der Waals surface area contributed by atoms with E-state index < -0.39 is 21.5 Å². The maximum atomic E-state index is 11.6. The van der Waals surface area contributed by atoms with Gasteiger partial charge in [0.15, 0.2) is 0 Å². The van der Waals surface area contributed by atoms with Gasteiger partial charge in [-0.2, -0.15) is 12.6 Å². The predicted octanol–water partition coefficient (Wildman–Crippen LogP) is 3.06. The fourth-order valence-corrected chi connectivity index (χ4v) is 3.64. The van der Waals surface area contributed by atoms with Gasteiger partial charge in [0.05, 0.1) is 6.61 Å². The van der Waals surface area contributed by atoms with Crippen molar-refractivity contribution in [1.82, 2.24) is 0 Å². The number of carbonyl (C=O) groups excluding carboxylic acids is 1. The molecule has 0 aliphatic rings. The Morgan fingerprint density at radius 2 is 1.67 bits per heavy atom. The molecule has 2 N–H and O–H groups in total. The molecule has 2 aromatic carbocycles. The van der Waals surface area contributed by atoms with Crippen molar-refractivity contribution in [2.45, 2.75) is 17.9 Å². The molecule has 8 nitrogen and oxygen atoms in total. The number of hydrogen-bond donors (Lipinski definition) is 2. The fourth-order valence-electron chi connectivity index (χ4n) is 2.60. The molecule has 0 spiro atoms. The van der Waals surface area contributed by atoms with Crippen molar-refractivity contribution in [2.24, 2.45) is 0 Å². The minimum atomic E-state index is -4.48. The van der Waals surface area contributed by atoms with E-state index in [1.807, 2.05) is 0 Å². The van der Waals surface area contributed by atoms with Crippen LogP contribution in [0.2, 0.25) is 0 Å². The zero-order valence-corrected chi connectivity index (χ0v) is 17.6. The average molecular weight is 453 g/mol. The number of carbonyl (C=O) groups is 1. The first-order valence-corrected chi connectivity index (χ1v) is 11.0. The van der Waals surface area contributed by atoms with Crippen LogP contribution in [0.25, 0.3) is 12.2 Å². The standard InChI is InChI=1S/C20H20O8S2/c1-27-14-16-7-8-17(19(12-16)28-29(22)23)4-2-3-5-18-9-6-15(10-11-21)13-20(18)30(24,25)26/h2-9,11-13H,10,14H2,1H3,(H,22,23)(H,24,25,26)/b4-2+,5-3+. The van der Waals surface area contributed by atoms with E-state index in [4.69, 9.17) is 13.5 Å². The number of rotatable bonds is 10. The summed E-state index contributed by atoms with van der Waals surface area (Å²) in [6.07, 6.45) is 6.84. The molecule has 0 heterocycles. The molecule has 30 heavy (non-hydrogen) atoms. The van der Waals surface area contributed by atoms with E-state index in [0.717, 1.165) is 5.56 Å². The zero-order valence-electron chi connectivity index (χ0n) is 15.9. The van der Waals surface area contributed by atoms with Crippen LogP contribution in [0.4, 0.5) is 0 Å². The Morgan fingerprint density at radius 1 is 1.03 bits per heavy atom. The summed E-state index contributed by atoms with van der Waals surface area (Å²) >= 11 is -2.51. The number of ether oxygens (including phenoxy) is 1. The number of hydrogen-bond acceptors (Lipinski definition) is 6. The molecule has 0 bridgehead atoms. The van der Waals surface area contributed by atoms with Crippen LogP contribution in [-0.2, 0) is 44.0 Å². The van der Waals surface area contributed by atoms with Crippen LogP contribution in [0, 0.1) is 0 Å². The zero-order chi connectivity index (χ0) is 22.1. The highest BCUT2D eigenvalue weighted by atomic mass is 32.2. The Balaban J connectivity index is 2.30. The van der Waals surface area contributed by atoms with Gasteiger partial charge in [-0.3, -0.25) is 9.11 Å². The molecule has 0 aliphatic carbocycles. The molecular formula is C20H20O8S2. The molecule has 0 fully saturated rings. The fraction of sp³-hybridized carbons (Fsp3) is 0.150. The van der Waals surface area contributed by atoms with Crippen LogP contribution in [0.5, 0.6) is 5.75 Å². The molecule has 0 radical (unpaired) electrons. The van der Waals surface area contributed by atoms with Gasteiger partial charge in [-0.05, 0) is 28.8 Å². The first-order chi connectivity index (χ1) is 14.2. The third-order valence-electron chi connectivity index (χ3n) is 3.89. The Hall–Kier alpha value is -2.63. The van der Waals surface area contributed by atoms with Crippen LogP contribution in [0.3, 0.4) is 0 Å². The van der Waals surface area contributed by atoms with Gasteiger partial charge in [-0.1, -0.05) is 48.6 Å². The Morgan fingerprint density at radius 3 is 2.27 bits per heavy atom. The topological polar surface area (TPSA) is 127 Å². The van der Waals surface area contributed by atoms with Gasteiger partial charge in [0.25, 0.3) is 10.1 Å². The Kier molecular flexibility index (Phi) is 8.63. The summed E-state index contributed by atoms with van der Waals surface area (Å²) in [5.41, 5.74) is 1.96. The molecule has 0 saturated carbocycles. The van der Waals surface area contributed by atoms with Crippen molar-refractivity contribution < 1.29 is 35.4 Å². The number of aldehydes is 1. The van der Waals surface area contributed by atoms with Gasteiger partial charge >= 0.3 is 11.4 Å². The van der Waals surface area contributed by atoms with Gasteiger partial charge < -0.3 is 13.7 Å². The lowest BCUT2D eigenvalue weighted by Gasteiger charge is -2.07. The van der Waals surface area contributed by atoms with Gasteiger partial charge in [-0.25, -0.2) is 0 Å². The monoisotopic (exact) mass is 452 g/mol. The summed E-state index contributed by atoms with van der Waals surface area (Å²) in [6, 6.07) is 9.33. The summed E-state index contributed by atoms with van der Waals surface area (Å²) in [7, 11) is -2.96. The van der Waals surface area contributed by atoms with Crippen molar-refractivity contribution in [3.63, 3.8) is 0 Å². The van der Waals surface area contributed by atoms with Gasteiger partial charge in [0.2, 0.25) is 0 Å². The van der Waals surface area contributed by atoms with Crippen LogP contribution >= 0.6 is 0 Å². The van der Waals surface area contributed by atoms with E-state index in [-0.39, 0.29) is 22.6 Å². The molecule has 0 saturated heterocycles. The van der Waals surface area contributed by atoms with Gasteiger partial charge in [-0.15, -0.1) is 0 Å². The second kappa shape index (κ2) is 11.0. The van der Waals surface area contributed by atoms with E-state index in [9.17, 15) is 22.0 Å². The lowest BCUT2D eigenvalue weighted by molar-refractivity contribution is -0.107. The highest BCUT2D eigenvalue weighted by Gasteiger charge is 2.14. The molecule has 160 valence electrons. The minimum absolute atomic E-state index is 0.0283. The molecule has 10 heteroatoms. The molecule has 2 aromatic rings. The van der Waals surface area contributed by atoms with Crippen molar-refractivity contribution >= 4 is 39.9 Å². The highest BCUT2D eigenvalue weighted by molar-refractivity contribution is 7.86. The first-order valence-electron chi connectivity index (χ1n) is 8.54. The lowest BCUT2D eigenvalue weighted by Crippen LogP contribution is -2.02. The van der Waals surface area contributed by atoms with Crippen molar-refractivity contribution in [3.05, 3.63) is 70.8 Å². The highest BCUT2D eigenvalue weighted by Crippen LogP contribution is 2.24. The quantitative estimate of drug-likeness (QED) is 0.244. The summed E-state index contributed by atoms with van der Waals surface area (Å²) < 4.78 is 62.7. The third-order valence-corrected chi connectivity index (χ3v) is 5.12. The molecule has 0 aromatic heterocycles. The van der Waals surface area contributed by atoms with Crippen LogP contribution in [-0.4, -0.2) is 35.1 Å². The van der Waals surface area contributed by atoms with Crippen LogP contribution in [0.15, 0.2) is 53.4 Å². The molecular weight excluding hydrogens is 432 g/mol. The van der Waals surface area contributed by atoms with Gasteiger partial charge in [0.1, 0.15) is 16.9 Å². The van der Waals surface area contributed by atoms with E-state index in [1.165, 1.54) is 31.4 Å². The predicted molar refractivity (Wildman–Crippen MR) is 113 cm³/mol. The SMILES string of the molecule is COCc1ccc(/C=C/C=C/c2ccc(CC=O)cc2S(=O)(=O)O)c(OS(=O)O)c1. The smallest absolute Gasteiger partial charge is 0.357 e. The minimum Gasteiger partial charge on any atom is -0.380 e. The van der Waals surface area contributed by atoms with Crippen molar-refractivity contribution in [3.8, 4) is 5.75 Å². The van der Waals surface area contributed by atoms with E-state index in [0.29, 0.717) is 24.0 Å². The average Bonchev–Trinajstić information content (AvgIpc) is 2.66. The number of methoxy groups -OCH3 is 1.